The van der Waals surface area contributed by atoms with Gasteiger partial charge in [0.25, 0.3) is 0 Å². The quantitative estimate of drug-likeness (QED) is 0.873. The summed E-state index contributed by atoms with van der Waals surface area (Å²) in [6.45, 7) is 0.430. The van der Waals surface area contributed by atoms with Crippen LogP contribution in [-0.4, -0.2) is 26.0 Å². The molecule has 0 radical (unpaired) electrons. The number of carbonyl (C=O) groups is 1. The van der Waals surface area contributed by atoms with Crippen molar-refractivity contribution in [2.75, 3.05) is 6.54 Å². The molecule has 0 saturated heterocycles. The zero-order valence-electron chi connectivity index (χ0n) is 11.2. The third-order valence-electron chi connectivity index (χ3n) is 3.68. The Morgan fingerprint density at radius 1 is 1.25 bits per heavy atom. The van der Waals surface area contributed by atoms with Crippen LogP contribution in [0, 0.1) is 5.92 Å². The smallest absolute Gasteiger partial charge is 0.335 e. The molecule has 1 aromatic rings. The molecule has 1 aliphatic carbocycles. The van der Waals surface area contributed by atoms with E-state index in [1.54, 1.807) is 0 Å². The monoisotopic (exact) mass is 297 g/mol. The van der Waals surface area contributed by atoms with E-state index in [0.29, 0.717) is 12.5 Å². The Morgan fingerprint density at radius 2 is 1.95 bits per heavy atom. The second kappa shape index (κ2) is 6.37. The van der Waals surface area contributed by atoms with Crippen molar-refractivity contribution in [2.45, 2.75) is 37.0 Å². The van der Waals surface area contributed by atoms with Crippen LogP contribution < -0.4 is 4.72 Å². The van der Waals surface area contributed by atoms with E-state index in [9.17, 15) is 13.2 Å². The second-order valence-electron chi connectivity index (χ2n) is 5.19. The maximum Gasteiger partial charge on any atom is 0.335 e. The highest BCUT2D eigenvalue weighted by Gasteiger charge is 2.19. The first kappa shape index (κ1) is 15.0. The molecule has 0 amide bonds. The highest BCUT2D eigenvalue weighted by atomic mass is 32.2. The Hall–Kier alpha value is -1.40. The van der Waals surface area contributed by atoms with E-state index < -0.39 is 16.0 Å². The largest absolute Gasteiger partial charge is 0.478 e. The molecule has 0 heterocycles. The lowest BCUT2D eigenvalue weighted by molar-refractivity contribution is 0.0696. The van der Waals surface area contributed by atoms with Crippen LogP contribution >= 0.6 is 0 Å². The number of carboxylic acids is 1. The summed E-state index contributed by atoms with van der Waals surface area (Å²) in [5, 5.41) is 8.89. The van der Waals surface area contributed by atoms with E-state index in [1.165, 1.54) is 30.7 Å². The molecule has 0 spiro atoms. The second-order valence-corrected chi connectivity index (χ2v) is 6.96. The summed E-state index contributed by atoms with van der Waals surface area (Å²) in [6, 6.07) is 5.42. The number of benzene rings is 1. The molecule has 20 heavy (non-hydrogen) atoms. The number of carboxylic acid groups (broad SMARTS) is 1. The average molecular weight is 297 g/mol. The van der Waals surface area contributed by atoms with E-state index in [4.69, 9.17) is 5.11 Å². The lowest BCUT2D eigenvalue weighted by atomic mass is 9.90. The van der Waals surface area contributed by atoms with Crippen molar-refractivity contribution in [3.63, 3.8) is 0 Å². The van der Waals surface area contributed by atoms with Gasteiger partial charge in [0.15, 0.2) is 0 Å². The molecule has 2 rings (SSSR count). The Morgan fingerprint density at radius 3 is 2.60 bits per heavy atom. The minimum absolute atomic E-state index is 0.00760. The van der Waals surface area contributed by atoms with E-state index in [0.717, 1.165) is 25.7 Å². The van der Waals surface area contributed by atoms with E-state index >= 15 is 0 Å². The first-order valence-corrected chi connectivity index (χ1v) is 8.30. The number of aromatic carboxylic acids is 1. The van der Waals surface area contributed by atoms with Crippen molar-refractivity contribution in [3.05, 3.63) is 29.8 Å². The predicted octanol–water partition coefficient (Wildman–Crippen LogP) is 2.24. The van der Waals surface area contributed by atoms with Gasteiger partial charge in [0.05, 0.1) is 10.5 Å². The summed E-state index contributed by atoms with van der Waals surface area (Å²) in [4.78, 5) is 10.9. The molecule has 0 bridgehead atoms. The van der Waals surface area contributed by atoms with Crippen molar-refractivity contribution < 1.29 is 18.3 Å². The van der Waals surface area contributed by atoms with Gasteiger partial charge in [0.1, 0.15) is 0 Å². The minimum atomic E-state index is -3.63. The van der Waals surface area contributed by atoms with Crippen LogP contribution in [0.1, 0.15) is 42.5 Å². The number of hydrogen-bond donors (Lipinski definition) is 2. The van der Waals surface area contributed by atoms with Gasteiger partial charge in [0.2, 0.25) is 10.0 Å². The first-order chi connectivity index (χ1) is 9.49. The molecule has 2 N–H and O–H groups in total. The maximum atomic E-state index is 12.1. The topological polar surface area (TPSA) is 83.5 Å². The van der Waals surface area contributed by atoms with Crippen molar-refractivity contribution in [1.29, 1.82) is 0 Å². The van der Waals surface area contributed by atoms with Crippen LogP contribution in [-0.2, 0) is 10.0 Å². The van der Waals surface area contributed by atoms with Crippen LogP contribution in [0.25, 0.3) is 0 Å². The summed E-state index contributed by atoms with van der Waals surface area (Å²) >= 11 is 0. The van der Waals surface area contributed by atoms with E-state index in [1.807, 2.05) is 0 Å². The first-order valence-electron chi connectivity index (χ1n) is 6.82. The fourth-order valence-electron chi connectivity index (χ4n) is 2.50. The van der Waals surface area contributed by atoms with E-state index in [-0.39, 0.29) is 10.5 Å². The average Bonchev–Trinajstić information content (AvgIpc) is 2.46. The minimum Gasteiger partial charge on any atom is -0.478 e. The summed E-state index contributed by atoms with van der Waals surface area (Å²) in [6.07, 6.45) is 5.64. The lowest BCUT2D eigenvalue weighted by Crippen LogP contribution is -2.30. The van der Waals surface area contributed by atoms with Gasteiger partial charge >= 0.3 is 5.97 Å². The van der Waals surface area contributed by atoms with Gasteiger partial charge in [-0.15, -0.1) is 0 Å². The molecule has 6 heteroatoms. The van der Waals surface area contributed by atoms with Gasteiger partial charge in [-0.3, -0.25) is 0 Å². The van der Waals surface area contributed by atoms with Crippen molar-refractivity contribution in [3.8, 4) is 0 Å². The number of sulfonamides is 1. The Labute approximate surface area is 119 Å². The van der Waals surface area contributed by atoms with Gasteiger partial charge in [-0.2, -0.15) is 0 Å². The van der Waals surface area contributed by atoms with Gasteiger partial charge < -0.3 is 5.11 Å². The Balaban J connectivity index is 2.05. The number of nitrogens with one attached hydrogen (secondary N) is 1. The summed E-state index contributed by atoms with van der Waals surface area (Å²) in [5.74, 6) is -0.740. The maximum absolute atomic E-state index is 12.1. The molecule has 0 unspecified atom stereocenters. The van der Waals surface area contributed by atoms with Gasteiger partial charge in [-0.05, 0) is 37.0 Å². The molecule has 1 aromatic carbocycles. The predicted molar refractivity (Wildman–Crippen MR) is 75.2 cm³/mol. The van der Waals surface area contributed by atoms with Crippen LogP contribution in [0.15, 0.2) is 29.2 Å². The van der Waals surface area contributed by atoms with Crippen LogP contribution in [0.2, 0.25) is 0 Å². The molecule has 110 valence electrons. The Bertz CT molecular complexity index is 577. The van der Waals surface area contributed by atoms with Crippen molar-refractivity contribution in [2.24, 2.45) is 5.92 Å². The molecule has 5 nitrogen and oxygen atoms in total. The van der Waals surface area contributed by atoms with Gasteiger partial charge in [-0.1, -0.05) is 25.3 Å². The van der Waals surface area contributed by atoms with Crippen molar-refractivity contribution in [1.82, 2.24) is 4.72 Å². The highest BCUT2D eigenvalue weighted by molar-refractivity contribution is 7.89. The van der Waals surface area contributed by atoms with Crippen molar-refractivity contribution >= 4 is 16.0 Å². The van der Waals surface area contributed by atoms with Gasteiger partial charge in [0, 0.05) is 6.54 Å². The normalized spacial score (nSPS) is 17.0. The molecule has 1 aliphatic rings. The molecule has 0 aliphatic heterocycles. The van der Waals surface area contributed by atoms with Crippen LogP contribution in [0.3, 0.4) is 0 Å². The molecule has 1 fully saturated rings. The fourth-order valence-corrected chi connectivity index (χ4v) is 3.66. The molecule has 1 saturated carbocycles. The standard InChI is InChI=1S/C14H19NO4S/c16-14(17)12-7-4-8-13(9-12)20(18,19)15-10-11-5-2-1-3-6-11/h4,7-9,11,15H,1-3,5-6,10H2,(H,16,17). The summed E-state index contributed by atoms with van der Waals surface area (Å²) in [5.41, 5.74) is -0.0226. The molecule has 0 atom stereocenters. The summed E-state index contributed by atoms with van der Waals surface area (Å²) in [7, 11) is -3.63. The molecular weight excluding hydrogens is 278 g/mol. The third-order valence-corrected chi connectivity index (χ3v) is 5.10. The van der Waals surface area contributed by atoms with Crippen LogP contribution in [0.5, 0.6) is 0 Å². The van der Waals surface area contributed by atoms with Gasteiger partial charge in [-0.25, -0.2) is 17.9 Å². The highest BCUT2D eigenvalue weighted by Crippen LogP contribution is 2.23. The zero-order chi connectivity index (χ0) is 14.6. The SMILES string of the molecule is O=C(O)c1cccc(S(=O)(=O)NCC2CCCCC2)c1. The van der Waals surface area contributed by atoms with E-state index in [2.05, 4.69) is 4.72 Å². The number of hydrogen-bond acceptors (Lipinski definition) is 3. The number of rotatable bonds is 5. The fraction of sp³-hybridized carbons (Fsp3) is 0.500. The van der Waals surface area contributed by atoms with Crippen LogP contribution in [0.4, 0.5) is 0 Å². The summed E-state index contributed by atoms with van der Waals surface area (Å²) < 4.78 is 26.9. The zero-order valence-corrected chi connectivity index (χ0v) is 12.0. The Kier molecular flexibility index (Phi) is 4.77. The molecule has 0 aromatic heterocycles. The molecular formula is C14H19NO4S. The third kappa shape index (κ3) is 3.80. The lowest BCUT2D eigenvalue weighted by Gasteiger charge is -2.21.